The predicted octanol–water partition coefficient (Wildman–Crippen LogP) is 4.51. The molecule has 1 aromatic rings. The van der Waals surface area contributed by atoms with Crippen LogP contribution in [0.2, 0.25) is 0 Å². The first-order chi connectivity index (χ1) is 5.13. The summed E-state index contributed by atoms with van der Waals surface area (Å²) in [6, 6.07) is 6.22. The van der Waals surface area contributed by atoms with E-state index in [1.165, 1.54) is 13.6 Å². The van der Waals surface area contributed by atoms with Crippen LogP contribution in [0.25, 0.3) is 0 Å². The fourth-order valence-electron chi connectivity index (χ4n) is 0.891. The van der Waals surface area contributed by atoms with Crippen LogP contribution in [0, 0.1) is 3.57 Å². The van der Waals surface area contributed by atoms with E-state index in [0.717, 1.165) is 0 Å². The summed E-state index contributed by atoms with van der Waals surface area (Å²) < 4.78 is 2.47. The summed E-state index contributed by atoms with van der Waals surface area (Å²) >= 11 is 9.40. The van der Waals surface area contributed by atoms with E-state index in [1.807, 2.05) is 6.07 Å². The van der Waals surface area contributed by atoms with Gasteiger partial charge in [-0.05, 0) is 47.2 Å². The molecule has 0 spiro atoms. The van der Waals surface area contributed by atoms with Crippen LogP contribution in [0.4, 0.5) is 0 Å². The van der Waals surface area contributed by atoms with Crippen LogP contribution < -0.4 is 0 Å². The van der Waals surface area contributed by atoms with Crippen molar-refractivity contribution < 1.29 is 0 Å². The summed E-state index contributed by atoms with van der Waals surface area (Å²) in [7, 11) is 0. The first-order valence-electron chi connectivity index (χ1n) is 3.21. The zero-order valence-corrected chi connectivity index (χ0v) is 11.3. The molecule has 1 rings (SSSR count). The Hall–Kier alpha value is 0.910. The Labute approximate surface area is 97.2 Å². The second kappa shape index (κ2) is 4.23. The van der Waals surface area contributed by atoms with Crippen LogP contribution in [-0.4, -0.2) is 0 Å². The van der Waals surface area contributed by atoms with Gasteiger partial charge in [0, 0.05) is 12.9 Å². The molecule has 0 radical (unpaired) electrons. The molecule has 1 unspecified atom stereocenters. The second-order valence-corrected chi connectivity index (χ2v) is 5.64. The lowest BCUT2D eigenvalue weighted by Crippen LogP contribution is -1.89. The highest BCUT2D eigenvalue weighted by Gasteiger charge is 2.08. The number of benzene rings is 1. The Balaban J connectivity index is 3.21. The number of halogens is 3. The van der Waals surface area contributed by atoms with Gasteiger partial charge in [0.1, 0.15) is 0 Å². The highest BCUT2D eigenvalue weighted by atomic mass is 127. The van der Waals surface area contributed by atoms with E-state index in [2.05, 4.69) is 73.5 Å². The summed E-state index contributed by atoms with van der Waals surface area (Å²) in [6.45, 7) is 2.13. The van der Waals surface area contributed by atoms with Crippen LogP contribution in [0.5, 0.6) is 0 Å². The van der Waals surface area contributed by atoms with Gasteiger partial charge in [-0.1, -0.05) is 37.9 Å². The monoisotopic (exact) mass is 388 g/mol. The maximum Gasteiger partial charge on any atom is 0.0388 e. The van der Waals surface area contributed by atoms with Crippen molar-refractivity contribution in [3.63, 3.8) is 0 Å². The smallest absolute Gasteiger partial charge is 0.0388 e. The van der Waals surface area contributed by atoms with Crippen LogP contribution in [0.3, 0.4) is 0 Å². The van der Waals surface area contributed by atoms with Crippen LogP contribution in [-0.2, 0) is 0 Å². The lowest BCUT2D eigenvalue weighted by Gasteiger charge is -2.08. The van der Waals surface area contributed by atoms with Crippen molar-refractivity contribution in [1.82, 2.24) is 0 Å². The number of hydrogen-bond donors (Lipinski definition) is 0. The minimum atomic E-state index is 0.407. The zero-order valence-electron chi connectivity index (χ0n) is 5.94. The van der Waals surface area contributed by atoms with E-state index in [1.54, 1.807) is 0 Å². The first-order valence-corrected chi connectivity index (χ1v) is 5.99. The van der Waals surface area contributed by atoms with E-state index in [0.29, 0.717) is 4.83 Å². The maximum absolute atomic E-state index is 3.55. The van der Waals surface area contributed by atoms with Gasteiger partial charge < -0.3 is 0 Å². The average Bonchev–Trinajstić information content (AvgIpc) is 1.85. The highest BCUT2D eigenvalue weighted by Crippen LogP contribution is 2.32. The molecule has 0 aliphatic rings. The molecule has 1 atom stereocenters. The van der Waals surface area contributed by atoms with Gasteiger partial charge in [0.25, 0.3) is 0 Å². The number of rotatable bonds is 1. The summed E-state index contributed by atoms with van der Waals surface area (Å²) in [5.74, 6) is 0. The van der Waals surface area contributed by atoms with Crippen LogP contribution in [0.1, 0.15) is 17.3 Å². The van der Waals surface area contributed by atoms with Crippen LogP contribution >= 0.6 is 54.5 Å². The van der Waals surface area contributed by atoms with Crippen molar-refractivity contribution in [1.29, 1.82) is 0 Å². The maximum atomic E-state index is 3.55. The van der Waals surface area contributed by atoms with E-state index < -0.39 is 0 Å². The molecule has 3 heteroatoms. The molecular weight excluding hydrogens is 383 g/mol. The summed E-state index contributed by atoms with van der Waals surface area (Å²) in [6.07, 6.45) is 0. The van der Waals surface area contributed by atoms with Gasteiger partial charge in [-0.3, -0.25) is 0 Å². The minimum Gasteiger partial charge on any atom is -0.0841 e. The molecule has 1 aromatic carbocycles. The van der Waals surface area contributed by atoms with Crippen molar-refractivity contribution in [2.75, 3.05) is 0 Å². The molecule has 0 aliphatic carbocycles. The van der Waals surface area contributed by atoms with Gasteiger partial charge in [0.05, 0.1) is 0 Å². The number of hydrogen-bond acceptors (Lipinski definition) is 0. The normalized spacial score (nSPS) is 13.1. The summed E-state index contributed by atoms with van der Waals surface area (Å²) in [5.41, 5.74) is 1.33. The highest BCUT2D eigenvalue weighted by molar-refractivity contribution is 14.1. The van der Waals surface area contributed by atoms with Crippen molar-refractivity contribution in [3.8, 4) is 0 Å². The molecular formula is C8H7Br2I. The van der Waals surface area contributed by atoms with Crippen molar-refractivity contribution in [3.05, 3.63) is 31.8 Å². The average molecular weight is 390 g/mol. The fourth-order valence-corrected chi connectivity index (χ4v) is 4.16. The molecule has 0 fully saturated rings. The van der Waals surface area contributed by atoms with Gasteiger partial charge in [0.15, 0.2) is 0 Å². The first kappa shape index (κ1) is 9.99. The standard InChI is InChI=1S/C8H7Br2I/c1-5(9)8-6(10)3-2-4-7(8)11/h2-5H,1H3. The lowest BCUT2D eigenvalue weighted by molar-refractivity contribution is 1.10. The van der Waals surface area contributed by atoms with Gasteiger partial charge >= 0.3 is 0 Å². The lowest BCUT2D eigenvalue weighted by atomic mass is 10.2. The van der Waals surface area contributed by atoms with E-state index in [9.17, 15) is 0 Å². The quantitative estimate of drug-likeness (QED) is 0.489. The van der Waals surface area contributed by atoms with Crippen LogP contribution in [0.15, 0.2) is 22.7 Å². The minimum absolute atomic E-state index is 0.407. The topological polar surface area (TPSA) is 0 Å². The molecule has 0 amide bonds. The zero-order chi connectivity index (χ0) is 8.43. The Morgan fingerprint density at radius 3 is 2.45 bits per heavy atom. The Morgan fingerprint density at radius 2 is 2.09 bits per heavy atom. The van der Waals surface area contributed by atoms with Crippen molar-refractivity contribution in [2.24, 2.45) is 0 Å². The van der Waals surface area contributed by atoms with Crippen molar-refractivity contribution >= 4 is 54.5 Å². The molecule has 0 nitrogen and oxygen atoms in total. The second-order valence-electron chi connectivity index (χ2n) is 2.25. The Bertz CT molecular complexity index is 238. The molecule has 0 saturated carbocycles. The molecule has 0 aromatic heterocycles. The Morgan fingerprint density at radius 1 is 1.45 bits per heavy atom. The molecule has 0 aliphatic heterocycles. The van der Waals surface area contributed by atoms with E-state index >= 15 is 0 Å². The van der Waals surface area contributed by atoms with Gasteiger partial charge in [-0.25, -0.2) is 0 Å². The molecule has 0 saturated heterocycles. The predicted molar refractivity (Wildman–Crippen MR) is 64.2 cm³/mol. The third kappa shape index (κ3) is 2.42. The van der Waals surface area contributed by atoms with Crippen molar-refractivity contribution in [2.45, 2.75) is 11.8 Å². The summed E-state index contributed by atoms with van der Waals surface area (Å²) in [5, 5.41) is 0. The molecule has 11 heavy (non-hydrogen) atoms. The molecule has 60 valence electrons. The molecule has 0 N–H and O–H groups in total. The fraction of sp³-hybridized carbons (Fsp3) is 0.250. The van der Waals surface area contributed by atoms with Gasteiger partial charge in [-0.15, -0.1) is 0 Å². The van der Waals surface area contributed by atoms with Gasteiger partial charge in [-0.2, -0.15) is 0 Å². The number of alkyl halides is 1. The largest absolute Gasteiger partial charge is 0.0841 e. The SMILES string of the molecule is CC(Br)c1c(Br)cccc1I. The van der Waals surface area contributed by atoms with E-state index in [-0.39, 0.29) is 0 Å². The van der Waals surface area contributed by atoms with E-state index in [4.69, 9.17) is 0 Å². The molecule has 0 bridgehead atoms. The Kier molecular flexibility index (Phi) is 3.85. The third-order valence-electron chi connectivity index (χ3n) is 1.40. The third-order valence-corrected chi connectivity index (χ3v) is 3.49. The molecule has 0 heterocycles. The summed E-state index contributed by atoms with van der Waals surface area (Å²) in [4.78, 5) is 0.407. The van der Waals surface area contributed by atoms with Gasteiger partial charge in [0.2, 0.25) is 0 Å².